The van der Waals surface area contributed by atoms with Crippen molar-refractivity contribution in [3.8, 4) is 0 Å². The van der Waals surface area contributed by atoms with Crippen molar-refractivity contribution in [2.24, 2.45) is 0 Å². The molecule has 1 saturated heterocycles. The first kappa shape index (κ1) is 15.1. The molecule has 2 unspecified atom stereocenters. The summed E-state index contributed by atoms with van der Waals surface area (Å²) in [5.41, 5.74) is 0. The summed E-state index contributed by atoms with van der Waals surface area (Å²) in [6, 6.07) is 4.60. The second kappa shape index (κ2) is 5.97. The predicted molar refractivity (Wildman–Crippen MR) is 77.3 cm³/mol. The number of sulfonamides is 1. The van der Waals surface area contributed by atoms with Crippen LogP contribution in [0.15, 0.2) is 23.1 Å². The predicted octanol–water partition coefficient (Wildman–Crippen LogP) is 2.41. The van der Waals surface area contributed by atoms with Crippen LogP contribution in [-0.4, -0.2) is 27.0 Å². The van der Waals surface area contributed by atoms with Gasteiger partial charge in [-0.25, -0.2) is 13.1 Å². The minimum Gasteiger partial charge on any atom is -0.313 e. The van der Waals surface area contributed by atoms with Crippen LogP contribution in [-0.2, 0) is 10.0 Å². The van der Waals surface area contributed by atoms with Crippen LogP contribution in [0.2, 0.25) is 10.0 Å². The van der Waals surface area contributed by atoms with E-state index in [1.807, 2.05) is 6.92 Å². The van der Waals surface area contributed by atoms with Gasteiger partial charge < -0.3 is 5.32 Å². The number of hydrogen-bond donors (Lipinski definition) is 2. The van der Waals surface area contributed by atoms with Gasteiger partial charge in [0.25, 0.3) is 0 Å². The number of nitrogens with one attached hydrogen (secondary N) is 2. The Kier molecular flexibility index (Phi) is 4.74. The van der Waals surface area contributed by atoms with Crippen molar-refractivity contribution in [1.82, 2.24) is 10.0 Å². The molecule has 106 valence electrons. The molecule has 0 saturated carbocycles. The van der Waals surface area contributed by atoms with Crippen molar-refractivity contribution >= 4 is 33.2 Å². The minimum atomic E-state index is -3.71. The third kappa shape index (κ3) is 3.41. The van der Waals surface area contributed by atoms with Gasteiger partial charge in [0.1, 0.15) is 4.90 Å². The number of piperidine rings is 1. The Bertz CT molecular complexity index is 543. The first-order valence-electron chi connectivity index (χ1n) is 6.11. The molecule has 0 aliphatic carbocycles. The van der Waals surface area contributed by atoms with Crippen molar-refractivity contribution in [3.05, 3.63) is 28.2 Å². The molecule has 2 atom stereocenters. The summed E-state index contributed by atoms with van der Waals surface area (Å²) in [5, 5.41) is 3.51. The quantitative estimate of drug-likeness (QED) is 0.898. The van der Waals surface area contributed by atoms with Gasteiger partial charge in [0.2, 0.25) is 10.0 Å². The Balaban J connectivity index is 2.27. The number of halogens is 2. The molecule has 4 nitrogen and oxygen atoms in total. The molecule has 1 heterocycles. The van der Waals surface area contributed by atoms with Crippen LogP contribution >= 0.6 is 23.2 Å². The second-order valence-electron chi connectivity index (χ2n) is 4.66. The Labute approximate surface area is 123 Å². The van der Waals surface area contributed by atoms with Crippen molar-refractivity contribution in [3.63, 3.8) is 0 Å². The number of rotatable bonds is 3. The average molecular weight is 323 g/mol. The summed E-state index contributed by atoms with van der Waals surface area (Å²) in [6.07, 6.45) is 1.74. The first-order valence-corrected chi connectivity index (χ1v) is 8.35. The molecule has 1 aromatic carbocycles. The maximum atomic E-state index is 12.4. The van der Waals surface area contributed by atoms with Gasteiger partial charge in [-0.15, -0.1) is 0 Å². The van der Waals surface area contributed by atoms with E-state index < -0.39 is 10.0 Å². The van der Waals surface area contributed by atoms with Crippen molar-refractivity contribution in [2.75, 3.05) is 6.54 Å². The second-order valence-corrected chi connectivity index (χ2v) is 7.13. The highest BCUT2D eigenvalue weighted by Crippen LogP contribution is 2.29. The van der Waals surface area contributed by atoms with Crippen LogP contribution in [0.1, 0.15) is 19.8 Å². The Morgan fingerprint density at radius 3 is 2.53 bits per heavy atom. The van der Waals surface area contributed by atoms with Gasteiger partial charge in [0.15, 0.2) is 0 Å². The molecular weight excluding hydrogens is 307 g/mol. The van der Waals surface area contributed by atoms with Crippen LogP contribution in [0.5, 0.6) is 0 Å². The van der Waals surface area contributed by atoms with E-state index in [1.54, 1.807) is 6.07 Å². The molecule has 1 fully saturated rings. The fraction of sp³-hybridized carbons (Fsp3) is 0.500. The van der Waals surface area contributed by atoms with E-state index in [2.05, 4.69) is 10.0 Å². The van der Waals surface area contributed by atoms with Crippen molar-refractivity contribution in [2.45, 2.75) is 36.7 Å². The topological polar surface area (TPSA) is 58.2 Å². The smallest absolute Gasteiger partial charge is 0.243 e. The van der Waals surface area contributed by atoms with E-state index in [4.69, 9.17) is 23.2 Å². The molecule has 2 rings (SSSR count). The lowest BCUT2D eigenvalue weighted by molar-refractivity contribution is 0.349. The van der Waals surface area contributed by atoms with Gasteiger partial charge in [-0.1, -0.05) is 29.3 Å². The Hall–Kier alpha value is -0.330. The third-order valence-electron chi connectivity index (χ3n) is 3.26. The average Bonchev–Trinajstić information content (AvgIpc) is 2.31. The number of hydrogen-bond acceptors (Lipinski definition) is 3. The lowest BCUT2D eigenvalue weighted by Gasteiger charge is -2.30. The zero-order valence-corrected chi connectivity index (χ0v) is 12.8. The molecule has 7 heteroatoms. The molecular formula is C12H16Cl2N2O2S. The highest BCUT2D eigenvalue weighted by molar-refractivity contribution is 7.89. The lowest BCUT2D eigenvalue weighted by Crippen LogP contribution is -2.51. The van der Waals surface area contributed by atoms with Crippen LogP contribution in [0, 0.1) is 0 Å². The maximum absolute atomic E-state index is 12.4. The van der Waals surface area contributed by atoms with Crippen LogP contribution in [0.3, 0.4) is 0 Å². The van der Waals surface area contributed by atoms with E-state index in [0.717, 1.165) is 19.4 Å². The molecule has 1 aliphatic rings. The molecule has 0 amide bonds. The van der Waals surface area contributed by atoms with Gasteiger partial charge in [-0.3, -0.25) is 0 Å². The van der Waals surface area contributed by atoms with Crippen molar-refractivity contribution < 1.29 is 8.42 Å². The summed E-state index contributed by atoms with van der Waals surface area (Å²) in [6.45, 7) is 2.87. The molecule has 0 spiro atoms. The van der Waals surface area contributed by atoms with E-state index in [9.17, 15) is 8.42 Å². The normalized spacial score (nSPS) is 24.4. The van der Waals surface area contributed by atoms with E-state index in [0.29, 0.717) is 0 Å². The largest absolute Gasteiger partial charge is 0.313 e. The van der Waals surface area contributed by atoms with E-state index in [-0.39, 0.29) is 27.0 Å². The van der Waals surface area contributed by atoms with Gasteiger partial charge in [-0.2, -0.15) is 0 Å². The van der Waals surface area contributed by atoms with Crippen LogP contribution in [0.4, 0.5) is 0 Å². The molecule has 19 heavy (non-hydrogen) atoms. The first-order chi connectivity index (χ1) is 8.92. The van der Waals surface area contributed by atoms with Gasteiger partial charge >= 0.3 is 0 Å². The summed E-state index contributed by atoms with van der Waals surface area (Å²) in [7, 11) is -3.71. The lowest BCUT2D eigenvalue weighted by atomic mass is 10.0. The van der Waals surface area contributed by atoms with Gasteiger partial charge in [-0.05, 0) is 38.4 Å². The zero-order valence-electron chi connectivity index (χ0n) is 10.5. The monoisotopic (exact) mass is 322 g/mol. The van der Waals surface area contributed by atoms with Crippen LogP contribution < -0.4 is 10.0 Å². The van der Waals surface area contributed by atoms with Gasteiger partial charge in [0.05, 0.1) is 10.0 Å². The molecule has 2 N–H and O–H groups in total. The van der Waals surface area contributed by atoms with E-state index in [1.165, 1.54) is 12.1 Å². The summed E-state index contributed by atoms with van der Waals surface area (Å²) >= 11 is 11.9. The molecule has 0 radical (unpaired) electrons. The standard InChI is InChI=1S/C12H16Cl2N2O2S/c1-8-11(6-3-7-15-8)16-19(17,18)12-9(13)4-2-5-10(12)14/h2,4-5,8,11,15-16H,3,6-7H2,1H3. The zero-order chi connectivity index (χ0) is 14.0. The van der Waals surface area contributed by atoms with Gasteiger partial charge in [0, 0.05) is 12.1 Å². The van der Waals surface area contributed by atoms with Crippen LogP contribution in [0.25, 0.3) is 0 Å². The highest BCUT2D eigenvalue weighted by atomic mass is 35.5. The minimum absolute atomic E-state index is 0.0453. The molecule has 0 bridgehead atoms. The fourth-order valence-corrected chi connectivity index (χ4v) is 4.70. The maximum Gasteiger partial charge on any atom is 0.243 e. The molecule has 1 aromatic rings. The SMILES string of the molecule is CC1NCCCC1NS(=O)(=O)c1c(Cl)cccc1Cl. The fourth-order valence-electron chi connectivity index (χ4n) is 2.20. The van der Waals surface area contributed by atoms with Crippen molar-refractivity contribution in [1.29, 1.82) is 0 Å². The number of benzene rings is 1. The Morgan fingerprint density at radius 1 is 1.32 bits per heavy atom. The van der Waals surface area contributed by atoms with E-state index >= 15 is 0 Å². The third-order valence-corrected chi connectivity index (χ3v) is 5.70. The Morgan fingerprint density at radius 2 is 1.95 bits per heavy atom. The highest BCUT2D eigenvalue weighted by Gasteiger charge is 2.29. The summed E-state index contributed by atoms with van der Waals surface area (Å²) < 4.78 is 27.4. The molecule has 0 aromatic heterocycles. The summed E-state index contributed by atoms with van der Waals surface area (Å²) in [4.78, 5) is -0.0453. The molecule has 1 aliphatic heterocycles. The summed E-state index contributed by atoms with van der Waals surface area (Å²) in [5.74, 6) is 0.